The summed E-state index contributed by atoms with van der Waals surface area (Å²) in [6, 6.07) is 0. The average molecular weight is 281 g/mol. The molecule has 1 heterocycles. The Morgan fingerprint density at radius 1 is 1.35 bits per heavy atom. The van der Waals surface area contributed by atoms with Crippen LogP contribution in [0.3, 0.4) is 0 Å². The van der Waals surface area contributed by atoms with Crippen LogP contribution in [0, 0.1) is 0 Å². The zero-order valence-electron chi connectivity index (χ0n) is 13.2. The highest BCUT2D eigenvalue weighted by Gasteiger charge is 2.25. The minimum Gasteiger partial charge on any atom is -0.444 e. The van der Waals surface area contributed by atoms with E-state index in [1.807, 2.05) is 27.7 Å². The third kappa shape index (κ3) is 5.37. The molecular formula is C16H27NO3. The Kier molecular flexibility index (Phi) is 5.81. The fourth-order valence-corrected chi connectivity index (χ4v) is 2.30. The van der Waals surface area contributed by atoms with Gasteiger partial charge in [-0.15, -0.1) is 0 Å². The number of carbonyl (C=O) groups excluding carboxylic acids is 1. The van der Waals surface area contributed by atoms with Gasteiger partial charge in [0.2, 0.25) is 0 Å². The molecule has 0 radical (unpaired) electrons. The van der Waals surface area contributed by atoms with Crippen molar-refractivity contribution in [2.45, 2.75) is 52.6 Å². The van der Waals surface area contributed by atoms with Crippen LogP contribution in [-0.4, -0.2) is 41.4 Å². The molecule has 0 spiro atoms. The average Bonchev–Trinajstić information content (AvgIpc) is 2.34. The van der Waals surface area contributed by atoms with Crippen molar-refractivity contribution in [1.82, 2.24) is 4.90 Å². The number of carbonyl (C=O) groups is 1. The number of amides is 1. The van der Waals surface area contributed by atoms with Gasteiger partial charge in [0, 0.05) is 13.1 Å². The van der Waals surface area contributed by atoms with E-state index >= 15 is 0 Å². The number of hydrogen-bond acceptors (Lipinski definition) is 3. The molecule has 0 aromatic rings. The van der Waals surface area contributed by atoms with Gasteiger partial charge in [0.15, 0.2) is 0 Å². The Labute approximate surface area is 122 Å². The lowest BCUT2D eigenvalue weighted by Gasteiger charge is -2.32. The summed E-state index contributed by atoms with van der Waals surface area (Å²) in [6.45, 7) is 12.9. The molecule has 0 aromatic heterocycles. The summed E-state index contributed by atoms with van der Waals surface area (Å²) in [5, 5.41) is 9.45. The highest BCUT2D eigenvalue weighted by atomic mass is 16.6. The largest absolute Gasteiger partial charge is 0.444 e. The van der Waals surface area contributed by atoms with Crippen LogP contribution in [0.5, 0.6) is 0 Å². The molecule has 114 valence electrons. The van der Waals surface area contributed by atoms with Crippen molar-refractivity contribution in [1.29, 1.82) is 0 Å². The number of rotatable bonds is 3. The SMILES string of the molecule is C=C(C)CC(CO)=C1CCN(C(=O)OC(C)(C)C)CC1. The molecule has 0 aliphatic carbocycles. The summed E-state index contributed by atoms with van der Waals surface area (Å²) in [5.41, 5.74) is 2.91. The van der Waals surface area contributed by atoms with Gasteiger partial charge in [0.05, 0.1) is 6.61 Å². The minimum absolute atomic E-state index is 0.0780. The molecule has 0 atom stereocenters. The Morgan fingerprint density at radius 2 is 1.90 bits per heavy atom. The van der Waals surface area contributed by atoms with E-state index in [2.05, 4.69) is 6.58 Å². The number of ether oxygens (including phenoxy) is 1. The molecule has 0 saturated carbocycles. The fourth-order valence-electron chi connectivity index (χ4n) is 2.30. The highest BCUT2D eigenvalue weighted by molar-refractivity contribution is 5.68. The van der Waals surface area contributed by atoms with Gasteiger partial charge in [-0.3, -0.25) is 0 Å². The van der Waals surface area contributed by atoms with Crippen molar-refractivity contribution in [3.8, 4) is 0 Å². The molecule has 1 amide bonds. The summed E-state index contributed by atoms with van der Waals surface area (Å²) in [7, 11) is 0. The predicted molar refractivity (Wildman–Crippen MR) is 80.6 cm³/mol. The van der Waals surface area contributed by atoms with Crippen molar-refractivity contribution >= 4 is 6.09 Å². The molecule has 1 saturated heterocycles. The number of allylic oxidation sites excluding steroid dienone is 1. The van der Waals surface area contributed by atoms with E-state index in [1.165, 1.54) is 5.57 Å². The van der Waals surface area contributed by atoms with Crippen molar-refractivity contribution < 1.29 is 14.6 Å². The molecule has 20 heavy (non-hydrogen) atoms. The summed E-state index contributed by atoms with van der Waals surface area (Å²) >= 11 is 0. The second-order valence-electron chi connectivity index (χ2n) is 6.47. The van der Waals surface area contributed by atoms with Gasteiger partial charge in [0.1, 0.15) is 5.60 Å². The second-order valence-corrected chi connectivity index (χ2v) is 6.47. The van der Waals surface area contributed by atoms with Gasteiger partial charge in [0.25, 0.3) is 0 Å². The van der Waals surface area contributed by atoms with Crippen LogP contribution >= 0.6 is 0 Å². The topological polar surface area (TPSA) is 49.8 Å². The van der Waals surface area contributed by atoms with Gasteiger partial charge in [-0.05, 0) is 52.5 Å². The summed E-state index contributed by atoms with van der Waals surface area (Å²) in [4.78, 5) is 13.7. The zero-order chi connectivity index (χ0) is 15.3. The second kappa shape index (κ2) is 6.93. The summed E-state index contributed by atoms with van der Waals surface area (Å²) < 4.78 is 5.37. The van der Waals surface area contributed by atoms with Gasteiger partial charge in [-0.2, -0.15) is 0 Å². The summed E-state index contributed by atoms with van der Waals surface area (Å²) in [6.07, 6.45) is 2.12. The fraction of sp³-hybridized carbons (Fsp3) is 0.688. The first-order chi connectivity index (χ1) is 9.23. The Balaban J connectivity index is 2.60. The molecule has 1 aliphatic heterocycles. The predicted octanol–water partition coefficient (Wildman–Crippen LogP) is 3.27. The summed E-state index contributed by atoms with van der Waals surface area (Å²) in [5.74, 6) is 0. The standard InChI is InChI=1S/C16H27NO3/c1-12(2)10-14(11-18)13-6-8-17(9-7-13)15(19)20-16(3,4)5/h18H,1,6-11H2,2-5H3. The molecule has 1 N–H and O–H groups in total. The van der Waals surface area contributed by atoms with Crippen molar-refractivity contribution in [2.24, 2.45) is 0 Å². The van der Waals surface area contributed by atoms with Crippen LogP contribution in [0.15, 0.2) is 23.3 Å². The molecule has 0 aromatic carbocycles. The van der Waals surface area contributed by atoms with Crippen LogP contribution < -0.4 is 0 Å². The molecule has 1 fully saturated rings. The van der Waals surface area contributed by atoms with E-state index in [4.69, 9.17) is 4.74 Å². The first-order valence-electron chi connectivity index (χ1n) is 7.16. The third-order valence-electron chi connectivity index (χ3n) is 3.22. The lowest BCUT2D eigenvalue weighted by Crippen LogP contribution is -2.40. The molecule has 0 bridgehead atoms. The van der Waals surface area contributed by atoms with Crippen LogP contribution in [0.4, 0.5) is 4.79 Å². The lowest BCUT2D eigenvalue weighted by molar-refractivity contribution is 0.0235. The number of aliphatic hydroxyl groups is 1. The normalized spacial score (nSPS) is 16.1. The minimum atomic E-state index is -0.455. The lowest BCUT2D eigenvalue weighted by atomic mass is 9.95. The van der Waals surface area contributed by atoms with E-state index in [0.29, 0.717) is 13.1 Å². The van der Waals surface area contributed by atoms with E-state index in [0.717, 1.165) is 30.4 Å². The number of piperidine rings is 1. The quantitative estimate of drug-likeness (QED) is 0.808. The maximum absolute atomic E-state index is 12.0. The van der Waals surface area contributed by atoms with E-state index in [9.17, 15) is 9.90 Å². The number of aliphatic hydroxyl groups excluding tert-OH is 1. The third-order valence-corrected chi connectivity index (χ3v) is 3.22. The molecule has 1 rings (SSSR count). The van der Waals surface area contributed by atoms with Gasteiger partial charge in [-0.1, -0.05) is 17.7 Å². The Hall–Kier alpha value is -1.29. The molecule has 1 aliphatic rings. The van der Waals surface area contributed by atoms with Gasteiger partial charge < -0.3 is 14.7 Å². The van der Waals surface area contributed by atoms with Crippen LogP contribution in [0.1, 0.15) is 47.0 Å². The van der Waals surface area contributed by atoms with Crippen molar-refractivity contribution in [3.63, 3.8) is 0 Å². The number of hydrogen-bond donors (Lipinski definition) is 1. The van der Waals surface area contributed by atoms with Crippen molar-refractivity contribution in [3.05, 3.63) is 23.3 Å². The van der Waals surface area contributed by atoms with Gasteiger partial charge >= 0.3 is 6.09 Å². The number of nitrogens with zero attached hydrogens (tertiary/aromatic N) is 1. The molecule has 4 nitrogen and oxygen atoms in total. The smallest absolute Gasteiger partial charge is 0.410 e. The Bertz CT molecular complexity index is 394. The highest BCUT2D eigenvalue weighted by Crippen LogP contribution is 2.24. The maximum Gasteiger partial charge on any atom is 0.410 e. The monoisotopic (exact) mass is 281 g/mol. The number of likely N-dealkylation sites (tertiary alicyclic amines) is 1. The van der Waals surface area contributed by atoms with E-state index in [-0.39, 0.29) is 12.7 Å². The molecular weight excluding hydrogens is 254 g/mol. The van der Waals surface area contributed by atoms with Crippen LogP contribution in [0.2, 0.25) is 0 Å². The van der Waals surface area contributed by atoms with E-state index < -0.39 is 5.60 Å². The Morgan fingerprint density at radius 3 is 2.30 bits per heavy atom. The molecule has 0 unspecified atom stereocenters. The van der Waals surface area contributed by atoms with Gasteiger partial charge in [-0.25, -0.2) is 4.79 Å². The first kappa shape index (κ1) is 16.8. The maximum atomic E-state index is 12.0. The molecule has 4 heteroatoms. The van der Waals surface area contributed by atoms with Crippen LogP contribution in [0.25, 0.3) is 0 Å². The van der Waals surface area contributed by atoms with E-state index in [1.54, 1.807) is 4.90 Å². The van der Waals surface area contributed by atoms with Crippen LogP contribution in [-0.2, 0) is 4.74 Å². The first-order valence-corrected chi connectivity index (χ1v) is 7.16. The van der Waals surface area contributed by atoms with Crippen molar-refractivity contribution in [2.75, 3.05) is 19.7 Å². The zero-order valence-corrected chi connectivity index (χ0v) is 13.2.